The van der Waals surface area contributed by atoms with Crippen LogP contribution in [0.1, 0.15) is 17.0 Å². The number of aryl methyl sites for hydroxylation is 1. The Kier molecular flexibility index (Phi) is 6.14. The van der Waals surface area contributed by atoms with Crippen LogP contribution in [0.4, 0.5) is 5.69 Å². The Labute approximate surface area is 205 Å². The highest BCUT2D eigenvalue weighted by atomic mass is 35.5. The van der Waals surface area contributed by atoms with Crippen LogP contribution in [0.5, 0.6) is 0 Å². The van der Waals surface area contributed by atoms with E-state index < -0.39 is 11.8 Å². The number of carbonyl (C=O) groups excluding carboxylic acids is 2. The highest BCUT2D eigenvalue weighted by Crippen LogP contribution is 2.32. The van der Waals surface area contributed by atoms with Gasteiger partial charge in [-0.25, -0.2) is 0 Å². The Morgan fingerprint density at radius 3 is 2.25 bits per heavy atom. The Morgan fingerprint density at radius 2 is 1.59 bits per heavy atom. The summed E-state index contributed by atoms with van der Waals surface area (Å²) in [5.74, 6) is -1.14. The van der Waals surface area contributed by atoms with Crippen molar-refractivity contribution in [3.63, 3.8) is 0 Å². The minimum absolute atomic E-state index is 0.0481. The van der Waals surface area contributed by atoms with Gasteiger partial charge in [-0.15, -0.1) is 0 Å². The molecule has 1 aromatic heterocycles. The van der Waals surface area contributed by atoms with Crippen molar-refractivity contribution in [3.8, 4) is 5.69 Å². The molecule has 162 valence electrons. The van der Waals surface area contributed by atoms with Crippen LogP contribution >= 0.6 is 47.0 Å². The van der Waals surface area contributed by atoms with E-state index in [9.17, 15) is 9.59 Å². The summed E-state index contributed by atoms with van der Waals surface area (Å²) < 4.78 is 2.02. The number of benzene rings is 2. The van der Waals surface area contributed by atoms with Crippen molar-refractivity contribution in [2.45, 2.75) is 13.8 Å². The quantitative estimate of drug-likeness (QED) is 0.275. The van der Waals surface area contributed by atoms with Crippen LogP contribution in [0.25, 0.3) is 11.8 Å². The fourth-order valence-corrected chi connectivity index (χ4v) is 4.51. The van der Waals surface area contributed by atoms with E-state index in [-0.39, 0.29) is 15.7 Å². The lowest BCUT2D eigenvalue weighted by Crippen LogP contribution is -2.54. The van der Waals surface area contributed by atoms with Gasteiger partial charge in [-0.2, -0.15) is 0 Å². The number of aromatic nitrogens is 1. The molecule has 0 radical (unpaired) electrons. The molecule has 32 heavy (non-hydrogen) atoms. The maximum absolute atomic E-state index is 13.3. The summed E-state index contributed by atoms with van der Waals surface area (Å²) in [6.07, 6.45) is 1.56. The molecule has 0 bridgehead atoms. The van der Waals surface area contributed by atoms with Crippen molar-refractivity contribution >= 4 is 75.7 Å². The van der Waals surface area contributed by atoms with Crippen LogP contribution in [0.3, 0.4) is 0 Å². The molecule has 0 spiro atoms. The number of rotatable bonds is 3. The fourth-order valence-electron chi connectivity index (χ4n) is 3.62. The van der Waals surface area contributed by atoms with Gasteiger partial charge in [0.15, 0.2) is 5.11 Å². The first kappa shape index (κ1) is 22.6. The first-order valence-corrected chi connectivity index (χ1v) is 11.0. The molecule has 0 aliphatic carbocycles. The molecule has 0 unspecified atom stereocenters. The summed E-state index contributed by atoms with van der Waals surface area (Å²) in [4.78, 5) is 27.1. The SMILES string of the molecule is Cc1cc(C=C2C(=O)NC(=S)N(c3ccc(Cl)cc3Cl)C2=O)c(C)n1-c1ccc(Cl)cc1. The zero-order valence-corrected chi connectivity index (χ0v) is 20.0. The number of amides is 2. The second kappa shape index (κ2) is 8.71. The molecular formula is C23H16Cl3N3O2S. The third kappa shape index (κ3) is 4.07. The first-order valence-electron chi connectivity index (χ1n) is 9.49. The molecule has 1 saturated heterocycles. The van der Waals surface area contributed by atoms with Crippen LogP contribution in [0.15, 0.2) is 54.1 Å². The number of carbonyl (C=O) groups is 2. The predicted molar refractivity (Wildman–Crippen MR) is 133 cm³/mol. The van der Waals surface area contributed by atoms with Crippen molar-refractivity contribution in [2.24, 2.45) is 0 Å². The largest absolute Gasteiger partial charge is 0.318 e. The third-order valence-electron chi connectivity index (χ3n) is 5.11. The van der Waals surface area contributed by atoms with Gasteiger partial charge in [0.05, 0.1) is 10.7 Å². The number of nitrogens with zero attached hydrogens (tertiary/aromatic N) is 2. The minimum atomic E-state index is -0.572. The van der Waals surface area contributed by atoms with Crippen LogP contribution in [-0.2, 0) is 9.59 Å². The van der Waals surface area contributed by atoms with E-state index in [1.807, 2.05) is 36.6 Å². The van der Waals surface area contributed by atoms with E-state index >= 15 is 0 Å². The zero-order valence-electron chi connectivity index (χ0n) is 16.9. The lowest BCUT2D eigenvalue weighted by molar-refractivity contribution is -0.122. The molecule has 0 saturated carbocycles. The van der Waals surface area contributed by atoms with Crippen molar-refractivity contribution in [2.75, 3.05) is 4.90 Å². The molecule has 1 fully saturated rings. The smallest absolute Gasteiger partial charge is 0.270 e. The summed E-state index contributed by atoms with van der Waals surface area (Å²) in [5, 5.41) is 3.82. The average molecular weight is 505 g/mol. The molecule has 1 aliphatic heterocycles. The van der Waals surface area contributed by atoms with Crippen molar-refractivity contribution in [3.05, 3.63) is 86.1 Å². The lowest BCUT2D eigenvalue weighted by atomic mass is 10.1. The summed E-state index contributed by atoms with van der Waals surface area (Å²) in [7, 11) is 0. The molecule has 2 heterocycles. The summed E-state index contributed by atoms with van der Waals surface area (Å²) in [6, 6.07) is 14.0. The summed E-state index contributed by atoms with van der Waals surface area (Å²) >= 11 is 23.5. The predicted octanol–water partition coefficient (Wildman–Crippen LogP) is 5.89. The van der Waals surface area contributed by atoms with E-state index in [1.54, 1.807) is 30.3 Å². The number of halogens is 3. The second-order valence-corrected chi connectivity index (χ2v) is 8.86. The molecule has 1 aliphatic rings. The first-order chi connectivity index (χ1) is 15.2. The van der Waals surface area contributed by atoms with Gasteiger partial charge in [0, 0.05) is 27.1 Å². The molecule has 5 nitrogen and oxygen atoms in total. The molecule has 4 rings (SSSR count). The topological polar surface area (TPSA) is 54.3 Å². The van der Waals surface area contributed by atoms with Crippen LogP contribution in [-0.4, -0.2) is 21.5 Å². The maximum Gasteiger partial charge on any atom is 0.270 e. The van der Waals surface area contributed by atoms with Crippen LogP contribution in [0.2, 0.25) is 15.1 Å². The van der Waals surface area contributed by atoms with Gasteiger partial charge in [0.25, 0.3) is 11.8 Å². The van der Waals surface area contributed by atoms with Gasteiger partial charge in [-0.3, -0.25) is 19.8 Å². The van der Waals surface area contributed by atoms with Gasteiger partial charge in [0.2, 0.25) is 0 Å². The Bertz CT molecular complexity index is 1310. The Balaban J connectivity index is 1.77. The lowest BCUT2D eigenvalue weighted by Gasteiger charge is -2.29. The van der Waals surface area contributed by atoms with Crippen LogP contribution in [0, 0.1) is 13.8 Å². The summed E-state index contributed by atoms with van der Waals surface area (Å²) in [6.45, 7) is 3.86. The molecule has 0 atom stereocenters. The molecule has 2 amide bonds. The second-order valence-electron chi connectivity index (χ2n) is 7.19. The molecule has 3 aromatic rings. The highest BCUT2D eigenvalue weighted by molar-refractivity contribution is 7.80. The van der Waals surface area contributed by atoms with Gasteiger partial charge >= 0.3 is 0 Å². The molecule has 9 heteroatoms. The number of thiocarbonyl (C=S) groups is 1. The van der Waals surface area contributed by atoms with Gasteiger partial charge < -0.3 is 4.57 Å². The third-order valence-corrected chi connectivity index (χ3v) is 6.18. The van der Waals surface area contributed by atoms with Crippen molar-refractivity contribution in [1.29, 1.82) is 0 Å². The van der Waals surface area contributed by atoms with E-state index in [4.69, 9.17) is 47.0 Å². The zero-order chi connectivity index (χ0) is 23.2. The highest BCUT2D eigenvalue weighted by Gasteiger charge is 2.35. The number of hydrogen-bond acceptors (Lipinski definition) is 3. The van der Waals surface area contributed by atoms with Gasteiger partial charge in [0.1, 0.15) is 5.57 Å². The molecule has 2 aromatic carbocycles. The Hall–Kier alpha value is -2.64. The average Bonchev–Trinajstić information content (AvgIpc) is 3.00. The van der Waals surface area contributed by atoms with E-state index in [0.717, 1.165) is 22.6 Å². The van der Waals surface area contributed by atoms with E-state index in [0.29, 0.717) is 15.7 Å². The van der Waals surface area contributed by atoms with Gasteiger partial charge in [-0.1, -0.05) is 34.8 Å². The fraction of sp³-hybridized carbons (Fsp3) is 0.0870. The number of hydrogen-bond donors (Lipinski definition) is 1. The Morgan fingerprint density at radius 1 is 0.938 bits per heavy atom. The maximum atomic E-state index is 13.3. The monoisotopic (exact) mass is 503 g/mol. The van der Waals surface area contributed by atoms with Crippen molar-refractivity contribution < 1.29 is 9.59 Å². The van der Waals surface area contributed by atoms with Crippen molar-refractivity contribution in [1.82, 2.24) is 9.88 Å². The standard InChI is InChI=1S/C23H16Cl3N3O2S/c1-12-9-14(13(2)28(12)17-6-3-15(24)4-7-17)10-18-21(30)27-23(32)29(22(18)31)20-8-5-16(25)11-19(20)26/h3-11H,1-2H3,(H,27,30,32). The number of nitrogens with one attached hydrogen (secondary N) is 1. The van der Waals surface area contributed by atoms with E-state index in [2.05, 4.69) is 5.32 Å². The summed E-state index contributed by atoms with van der Waals surface area (Å²) in [5.41, 5.74) is 3.73. The minimum Gasteiger partial charge on any atom is -0.318 e. The number of anilines is 1. The molecular weight excluding hydrogens is 489 g/mol. The van der Waals surface area contributed by atoms with Gasteiger partial charge in [-0.05, 0) is 86.2 Å². The molecule has 1 N–H and O–H groups in total. The van der Waals surface area contributed by atoms with Crippen LogP contribution < -0.4 is 10.2 Å². The van der Waals surface area contributed by atoms with E-state index in [1.165, 1.54) is 11.0 Å². The normalized spacial score (nSPS) is 15.5.